The summed E-state index contributed by atoms with van der Waals surface area (Å²) in [5.41, 5.74) is 30.7. The van der Waals surface area contributed by atoms with Crippen LogP contribution in [0.25, 0.3) is 99.5 Å². The highest BCUT2D eigenvalue weighted by Crippen LogP contribution is 2.55. The normalized spacial score (nSPS) is 14.6. The van der Waals surface area contributed by atoms with Crippen LogP contribution in [0.3, 0.4) is 0 Å². The van der Waals surface area contributed by atoms with Crippen LogP contribution in [0.1, 0.15) is 248 Å². The van der Waals surface area contributed by atoms with Gasteiger partial charge >= 0.3 is 0 Å². The van der Waals surface area contributed by atoms with Gasteiger partial charge in [0.15, 0.2) is 0 Å². The molecule has 0 fully saturated rings. The Kier molecular flexibility index (Phi) is 19.0. The molecule has 0 radical (unpaired) electrons. The predicted octanol–water partition coefficient (Wildman–Crippen LogP) is 32.1. The zero-order valence-corrected chi connectivity index (χ0v) is 79.7. The number of hydrogen-bond acceptors (Lipinski definition) is 2. The molecule has 0 saturated carbocycles. The van der Waals surface area contributed by atoms with Gasteiger partial charge in [0.2, 0.25) is 0 Å². The van der Waals surface area contributed by atoms with Crippen molar-refractivity contribution in [3.8, 4) is 55.9 Å². The summed E-state index contributed by atoms with van der Waals surface area (Å²) in [6.07, 6.45) is 5.00. The minimum absolute atomic E-state index is 0.000387. The van der Waals surface area contributed by atoms with E-state index < -0.39 is 12.1 Å². The van der Waals surface area contributed by atoms with Gasteiger partial charge < -0.3 is 18.9 Å². The van der Waals surface area contributed by atoms with Gasteiger partial charge in [-0.3, -0.25) is 0 Å². The third-order valence-electron chi connectivity index (χ3n) is 25.2. The monoisotopic (exact) mass is 1650 g/mol. The van der Waals surface area contributed by atoms with Crippen molar-refractivity contribution in [1.82, 2.24) is 9.13 Å². The van der Waals surface area contributed by atoms with Gasteiger partial charge in [-0.1, -0.05) is 345 Å². The van der Waals surface area contributed by atoms with Crippen molar-refractivity contribution in [1.29, 1.82) is 0 Å². The van der Waals surface area contributed by atoms with Crippen LogP contribution in [0.15, 0.2) is 255 Å². The van der Waals surface area contributed by atoms with Gasteiger partial charge in [-0.05, 0) is 284 Å². The molecule has 0 N–H and O–H groups in total. The standard InChI is InChI=1S/C120H135BN4/c1-112(2,3)70-76-36-32-40-80(56-76)93-68-105(95(60-84(93)74-116(13,14)15)82-42-34-38-78(58-82)72-114(7,8)9)124-107-66-89(122-101-46-30-28-44-91(101)97-62-86(118(19,20)21)48-54-103(97)122)50-52-99(107)121-100-53-51-90(123-102-47-31-29-45-92(102)98-63-87(119(22,23)24)49-55-104(98)123)67-108(100)125(110-65-88(120(25,26)27)64-109(124)111(110)121)106-69-94(81-41-33-37-77(57-81)71-113(4,5)6)85(75-117(16,17)18)61-96(106)83-43-35-39-79(59-83)73-115(10,11)12/h28-69H,70-75H2,1-27H3/i28D,29D,30D,31D,44D,45D,46D,47D. The number of hydrogen-bond donors (Lipinski definition) is 0. The Morgan fingerprint density at radius 1 is 0.256 bits per heavy atom. The van der Waals surface area contributed by atoms with Crippen molar-refractivity contribution in [2.45, 2.75) is 242 Å². The Labute approximate surface area is 760 Å². The molecule has 0 bridgehead atoms. The minimum Gasteiger partial charge on any atom is -0.311 e. The van der Waals surface area contributed by atoms with E-state index in [-0.39, 0.29) is 91.7 Å². The molecular formula is C120H135BN4. The van der Waals surface area contributed by atoms with Gasteiger partial charge in [0.05, 0.1) is 44.4 Å². The van der Waals surface area contributed by atoms with Gasteiger partial charge in [-0.2, -0.15) is 0 Å². The molecule has 0 amide bonds. The molecule has 17 rings (SSSR count). The molecule has 2 aromatic heterocycles. The maximum absolute atomic E-state index is 10.2. The summed E-state index contributed by atoms with van der Waals surface area (Å²) >= 11 is 0. The second kappa shape index (κ2) is 31.0. The lowest BCUT2D eigenvalue weighted by Crippen LogP contribution is -2.61. The van der Waals surface area contributed by atoms with Crippen LogP contribution in [0, 0.1) is 32.5 Å². The highest BCUT2D eigenvalue weighted by Gasteiger charge is 2.46. The lowest BCUT2D eigenvalue weighted by molar-refractivity contribution is 0.410. The first-order chi connectivity index (χ1) is 61.9. The first-order valence-corrected chi connectivity index (χ1v) is 45.7. The number of rotatable bonds is 14. The van der Waals surface area contributed by atoms with Crippen molar-refractivity contribution in [2.24, 2.45) is 32.5 Å². The van der Waals surface area contributed by atoms with Gasteiger partial charge in [0, 0.05) is 66.8 Å². The molecule has 0 saturated heterocycles. The van der Waals surface area contributed by atoms with E-state index >= 15 is 0 Å². The number of para-hydroxylation sites is 2. The van der Waals surface area contributed by atoms with Gasteiger partial charge in [0.25, 0.3) is 6.71 Å². The highest BCUT2D eigenvalue weighted by molar-refractivity contribution is 7.00. The Balaban J connectivity index is 1.10. The Bertz CT molecular complexity index is 6830. The summed E-state index contributed by atoms with van der Waals surface area (Å²) in [5.74, 6) is 0. The fourth-order valence-electron chi connectivity index (χ4n) is 20.0. The van der Waals surface area contributed by atoms with Crippen molar-refractivity contribution >= 4 is 101 Å². The zero-order chi connectivity index (χ0) is 96.1. The molecule has 125 heavy (non-hydrogen) atoms. The van der Waals surface area contributed by atoms with E-state index in [2.05, 4.69) is 412 Å². The van der Waals surface area contributed by atoms with Crippen LogP contribution in [0.4, 0.5) is 34.1 Å². The topological polar surface area (TPSA) is 16.3 Å². The van der Waals surface area contributed by atoms with Crippen LogP contribution >= 0.6 is 0 Å². The van der Waals surface area contributed by atoms with Crippen molar-refractivity contribution in [3.63, 3.8) is 0 Å². The SMILES string of the molecule is [2H]c1c([2H])c([2H])c2c(c1[2H])c1cc(C(C)(C)C)ccc1n2-c1ccc2c(c1)N(c1cc(-c3cccc(CC(C)(C)C)c3)c(CC(C)(C)C)cc1-c1cccc(CC(C)(C)C)c1)c1cc(C(C)(C)C)cc3c1B2c1ccc(-n2c4ccc(C(C)(C)C)cc4c4c([2H])c([2H])c([2H])c([2H])c42)cc1N3c1cc(-c2cccc(CC(C)(C)C)c2)c(CC(C)(C)C)cc1-c1cccc(CC(C)(C)C)c1. The average Bonchev–Trinajstić information content (AvgIpc) is 1.08. The Morgan fingerprint density at radius 2 is 0.576 bits per heavy atom. The third kappa shape index (κ3) is 17.4. The summed E-state index contributed by atoms with van der Waals surface area (Å²) in [7, 11) is 0. The van der Waals surface area contributed by atoms with E-state index in [4.69, 9.17) is 0 Å². The van der Waals surface area contributed by atoms with E-state index in [1.807, 2.05) is 0 Å². The highest BCUT2D eigenvalue weighted by atomic mass is 15.2. The van der Waals surface area contributed by atoms with E-state index in [1.54, 1.807) is 0 Å². The lowest BCUT2D eigenvalue weighted by atomic mass is 9.33. The van der Waals surface area contributed by atoms with Crippen LogP contribution < -0.4 is 26.2 Å². The summed E-state index contributed by atoms with van der Waals surface area (Å²) in [5, 5.41) is 2.43. The Hall–Kier alpha value is -10.9. The molecule has 15 aromatic rings. The summed E-state index contributed by atoms with van der Waals surface area (Å²) in [6, 6.07) is 77.4. The maximum atomic E-state index is 10.2. The Morgan fingerprint density at radius 3 is 0.896 bits per heavy atom. The third-order valence-corrected chi connectivity index (χ3v) is 25.2. The summed E-state index contributed by atoms with van der Waals surface area (Å²) in [4.78, 5) is 5.23. The van der Waals surface area contributed by atoms with E-state index in [0.717, 1.165) is 183 Å². The first-order valence-electron chi connectivity index (χ1n) is 49.7. The number of aromatic nitrogens is 2. The molecule has 2 aliphatic rings. The molecular weight excluding hydrogens is 1510 g/mol. The summed E-state index contributed by atoms with van der Waals surface area (Å²) < 4.78 is 82.6. The van der Waals surface area contributed by atoms with Crippen molar-refractivity contribution in [3.05, 3.63) is 305 Å². The molecule has 4 heterocycles. The minimum atomic E-state index is -0.520. The largest absolute Gasteiger partial charge is 0.311 e. The lowest BCUT2D eigenvalue weighted by Gasteiger charge is -2.46. The molecule has 0 unspecified atom stereocenters. The number of nitrogens with zero attached hydrogens (tertiary/aromatic N) is 4. The fraction of sp³-hybridized carbons (Fsp3) is 0.350. The average molecular weight is 1650 g/mol. The molecule has 4 nitrogen and oxygen atoms in total. The molecule has 0 atom stereocenters. The van der Waals surface area contributed by atoms with E-state index in [1.165, 1.54) is 33.4 Å². The molecule has 5 heteroatoms. The van der Waals surface area contributed by atoms with Crippen molar-refractivity contribution in [2.75, 3.05) is 9.80 Å². The first kappa shape index (κ1) is 76.6. The number of fused-ring (bicyclic) bond motifs is 10. The van der Waals surface area contributed by atoms with Gasteiger partial charge in [-0.25, -0.2) is 0 Å². The molecule has 638 valence electrons. The van der Waals surface area contributed by atoms with Gasteiger partial charge in [0.1, 0.15) is 0 Å². The van der Waals surface area contributed by atoms with E-state index in [0.29, 0.717) is 21.8 Å². The smallest absolute Gasteiger partial charge is 0.252 e. The van der Waals surface area contributed by atoms with Gasteiger partial charge in [-0.15, -0.1) is 0 Å². The maximum Gasteiger partial charge on any atom is 0.252 e. The quantitative estimate of drug-likeness (QED) is 0.101. The predicted molar refractivity (Wildman–Crippen MR) is 546 cm³/mol. The second-order valence-corrected chi connectivity index (χ2v) is 47.1. The van der Waals surface area contributed by atoms with E-state index in [9.17, 15) is 11.0 Å². The van der Waals surface area contributed by atoms with Crippen LogP contribution in [-0.2, 0) is 54.8 Å². The van der Waals surface area contributed by atoms with Crippen LogP contribution in [0.5, 0.6) is 0 Å². The number of benzene rings is 13. The fourth-order valence-corrected chi connectivity index (χ4v) is 20.0. The van der Waals surface area contributed by atoms with Crippen LogP contribution in [0.2, 0.25) is 0 Å². The number of anilines is 6. The summed E-state index contributed by atoms with van der Waals surface area (Å²) in [6.45, 7) is 61.6. The second-order valence-electron chi connectivity index (χ2n) is 47.1. The van der Waals surface area contributed by atoms with Crippen LogP contribution in [-0.4, -0.2) is 15.8 Å². The zero-order valence-electron chi connectivity index (χ0n) is 87.7. The van der Waals surface area contributed by atoms with Crippen molar-refractivity contribution < 1.29 is 11.0 Å². The molecule has 0 aliphatic carbocycles. The molecule has 0 spiro atoms. The molecule has 2 aliphatic heterocycles. The molecule has 13 aromatic carbocycles.